The molecule has 1 aliphatic heterocycles. The van der Waals surface area contributed by atoms with Crippen LogP contribution in [0.1, 0.15) is 41.0 Å². The van der Waals surface area contributed by atoms with Crippen LogP contribution in [0, 0.1) is 18.8 Å². The highest BCUT2D eigenvalue weighted by Crippen LogP contribution is 2.31. The van der Waals surface area contributed by atoms with E-state index in [-0.39, 0.29) is 27.2 Å². The molecule has 0 atom stereocenters. The summed E-state index contributed by atoms with van der Waals surface area (Å²) in [7, 11) is -3.91. The van der Waals surface area contributed by atoms with Gasteiger partial charge in [0.05, 0.1) is 10.6 Å². The summed E-state index contributed by atoms with van der Waals surface area (Å²) < 4.78 is 27.8. The zero-order chi connectivity index (χ0) is 27.3. The molecule has 1 aromatic heterocycles. The summed E-state index contributed by atoms with van der Waals surface area (Å²) in [6, 6.07) is 12.3. The first-order valence-corrected chi connectivity index (χ1v) is 13.8. The van der Waals surface area contributed by atoms with Crippen LogP contribution in [0.5, 0.6) is 0 Å². The molecule has 13 heteroatoms. The molecule has 0 radical (unpaired) electrons. The standard InChI is InChI=1S/C25H27N7O4S2/c1-16-14-17(2)27-24(26-16)31-38(35,36)20-9-7-19(8-10-20)28-25(37)29-23(33)18-6-11-22(21(15-18)30-34)32-12-4-3-5-13-32/h6-11,14-15H,3-5,12-13H2,1-2H3,(H,26,27,31)(H2,28,29,33,37). The summed E-state index contributed by atoms with van der Waals surface area (Å²) in [4.78, 5) is 34.4. The van der Waals surface area contributed by atoms with E-state index in [1.807, 2.05) is 0 Å². The molecular weight excluding hydrogens is 526 g/mol. The van der Waals surface area contributed by atoms with E-state index in [4.69, 9.17) is 12.2 Å². The van der Waals surface area contributed by atoms with E-state index in [1.165, 1.54) is 30.3 Å². The first kappa shape index (κ1) is 27.1. The van der Waals surface area contributed by atoms with Crippen LogP contribution in [0.25, 0.3) is 0 Å². The van der Waals surface area contributed by atoms with Crippen molar-refractivity contribution in [1.29, 1.82) is 0 Å². The first-order valence-electron chi connectivity index (χ1n) is 11.9. The number of carbonyl (C=O) groups is 1. The molecule has 0 unspecified atom stereocenters. The van der Waals surface area contributed by atoms with Gasteiger partial charge in [0.25, 0.3) is 15.9 Å². The first-order chi connectivity index (χ1) is 18.1. The van der Waals surface area contributed by atoms with Crippen molar-refractivity contribution in [3.05, 3.63) is 70.4 Å². The smallest absolute Gasteiger partial charge is 0.264 e. The van der Waals surface area contributed by atoms with Gasteiger partial charge in [0.15, 0.2) is 5.11 Å². The molecule has 1 fully saturated rings. The summed E-state index contributed by atoms with van der Waals surface area (Å²) in [5, 5.41) is 8.53. The number of rotatable bonds is 7. The van der Waals surface area contributed by atoms with Crippen LogP contribution in [0.3, 0.4) is 0 Å². The number of amides is 1. The number of thiocarbonyl (C=S) groups is 1. The van der Waals surface area contributed by atoms with Gasteiger partial charge in [-0.2, -0.15) is 0 Å². The van der Waals surface area contributed by atoms with Gasteiger partial charge in [-0.25, -0.2) is 23.1 Å². The van der Waals surface area contributed by atoms with E-state index in [1.54, 1.807) is 32.0 Å². The van der Waals surface area contributed by atoms with Crippen molar-refractivity contribution >= 4 is 56.3 Å². The maximum Gasteiger partial charge on any atom is 0.264 e. The molecule has 1 aliphatic rings. The SMILES string of the molecule is Cc1cc(C)nc(NS(=O)(=O)c2ccc(NC(=S)NC(=O)c3ccc(N4CCCCC4)c(N=O)c3)cc2)n1. The molecule has 4 rings (SSSR count). The van der Waals surface area contributed by atoms with Crippen molar-refractivity contribution in [3.63, 3.8) is 0 Å². The minimum Gasteiger partial charge on any atom is -0.370 e. The van der Waals surface area contributed by atoms with E-state index in [0.717, 1.165) is 32.4 Å². The Hall–Kier alpha value is -3.97. The molecule has 0 spiro atoms. The Kier molecular flexibility index (Phi) is 8.27. The van der Waals surface area contributed by atoms with Gasteiger partial charge < -0.3 is 10.2 Å². The van der Waals surface area contributed by atoms with E-state index >= 15 is 0 Å². The number of aromatic nitrogens is 2. The van der Waals surface area contributed by atoms with E-state index in [9.17, 15) is 18.1 Å². The van der Waals surface area contributed by atoms with E-state index in [2.05, 4.69) is 35.4 Å². The predicted octanol–water partition coefficient (Wildman–Crippen LogP) is 4.41. The molecule has 1 amide bonds. The van der Waals surface area contributed by atoms with E-state index in [0.29, 0.717) is 22.8 Å². The van der Waals surface area contributed by atoms with Crippen LogP contribution < -0.4 is 20.3 Å². The Bertz CT molecular complexity index is 1450. The third-order valence-corrected chi connectivity index (χ3v) is 7.44. The van der Waals surface area contributed by atoms with Gasteiger partial charge >= 0.3 is 0 Å². The molecule has 1 saturated heterocycles. The van der Waals surface area contributed by atoms with Crippen molar-refractivity contribution in [3.8, 4) is 0 Å². The minimum atomic E-state index is -3.91. The fraction of sp³-hybridized carbons (Fsp3) is 0.280. The van der Waals surface area contributed by atoms with Crippen molar-refractivity contribution in [2.75, 3.05) is 28.0 Å². The molecule has 0 aliphatic carbocycles. The van der Waals surface area contributed by atoms with Crippen molar-refractivity contribution in [2.24, 2.45) is 5.18 Å². The monoisotopic (exact) mass is 553 g/mol. The Morgan fingerprint density at radius 3 is 2.26 bits per heavy atom. The lowest BCUT2D eigenvalue weighted by Crippen LogP contribution is -2.34. The van der Waals surface area contributed by atoms with Gasteiger partial charge in [-0.1, -0.05) is 0 Å². The van der Waals surface area contributed by atoms with Crippen LogP contribution in [0.15, 0.2) is 58.6 Å². The Morgan fingerprint density at radius 1 is 0.974 bits per heavy atom. The largest absolute Gasteiger partial charge is 0.370 e. The molecule has 2 heterocycles. The Morgan fingerprint density at radius 2 is 1.63 bits per heavy atom. The second kappa shape index (κ2) is 11.6. The lowest BCUT2D eigenvalue weighted by molar-refractivity contribution is 0.0977. The third kappa shape index (κ3) is 6.66. The number of nitrogens with one attached hydrogen (secondary N) is 3. The predicted molar refractivity (Wildman–Crippen MR) is 150 cm³/mol. The molecule has 198 valence electrons. The molecule has 11 nitrogen and oxygen atoms in total. The normalized spacial score (nSPS) is 13.5. The fourth-order valence-electron chi connectivity index (χ4n) is 4.15. The van der Waals surface area contributed by atoms with Gasteiger partial charge in [-0.15, -0.1) is 4.91 Å². The number of sulfonamides is 1. The van der Waals surface area contributed by atoms with Crippen LogP contribution in [0.2, 0.25) is 0 Å². The summed E-state index contributed by atoms with van der Waals surface area (Å²) in [5.74, 6) is -0.514. The number of hydrogen-bond acceptors (Lipinski definition) is 9. The van der Waals surface area contributed by atoms with Crippen LogP contribution in [0.4, 0.5) is 23.0 Å². The Balaban J connectivity index is 1.38. The fourth-order valence-corrected chi connectivity index (χ4v) is 5.30. The number of nitroso groups, excluding NO2 is 1. The van der Waals surface area contributed by atoms with Gasteiger partial charge in [0.2, 0.25) is 5.95 Å². The highest BCUT2D eigenvalue weighted by atomic mass is 32.2. The van der Waals surface area contributed by atoms with Crippen LogP contribution in [-0.2, 0) is 10.0 Å². The number of hydrogen-bond donors (Lipinski definition) is 3. The molecule has 2 aromatic carbocycles. The molecule has 0 saturated carbocycles. The maximum atomic E-state index is 12.7. The average molecular weight is 554 g/mol. The van der Waals surface area contributed by atoms with E-state index < -0.39 is 15.9 Å². The summed E-state index contributed by atoms with van der Waals surface area (Å²) in [5.41, 5.74) is 2.91. The van der Waals surface area contributed by atoms with Gasteiger partial charge in [-0.05, 0) is 99.0 Å². The third-order valence-electron chi connectivity index (χ3n) is 5.89. The number of benzene rings is 2. The lowest BCUT2D eigenvalue weighted by Gasteiger charge is -2.29. The number of aryl methyl sites for hydroxylation is 2. The number of anilines is 3. The lowest BCUT2D eigenvalue weighted by atomic mass is 10.1. The zero-order valence-electron chi connectivity index (χ0n) is 20.9. The number of piperidine rings is 1. The summed E-state index contributed by atoms with van der Waals surface area (Å²) >= 11 is 5.24. The van der Waals surface area contributed by atoms with Gasteiger partial charge in [0, 0.05) is 35.7 Å². The minimum absolute atomic E-state index is 0.00320. The quantitative estimate of drug-likeness (QED) is 0.286. The van der Waals surface area contributed by atoms with Crippen molar-refractivity contribution < 1.29 is 13.2 Å². The Labute approximate surface area is 226 Å². The molecular formula is C25H27N7O4S2. The summed E-state index contributed by atoms with van der Waals surface area (Å²) in [6.45, 7) is 5.18. The second-order valence-electron chi connectivity index (χ2n) is 8.85. The summed E-state index contributed by atoms with van der Waals surface area (Å²) in [6.07, 6.45) is 3.25. The van der Waals surface area contributed by atoms with Gasteiger partial charge in [0.1, 0.15) is 5.69 Å². The maximum absolute atomic E-state index is 12.7. The van der Waals surface area contributed by atoms with Crippen molar-refractivity contribution in [1.82, 2.24) is 15.3 Å². The van der Waals surface area contributed by atoms with Crippen molar-refractivity contribution in [2.45, 2.75) is 38.0 Å². The number of carbonyl (C=O) groups excluding carboxylic acids is 1. The van der Waals surface area contributed by atoms with Crippen LogP contribution in [-0.4, -0.2) is 42.5 Å². The highest BCUT2D eigenvalue weighted by Gasteiger charge is 2.19. The highest BCUT2D eigenvalue weighted by molar-refractivity contribution is 7.92. The second-order valence-corrected chi connectivity index (χ2v) is 10.9. The van der Waals surface area contributed by atoms with Gasteiger partial charge in [-0.3, -0.25) is 10.1 Å². The molecule has 3 aromatic rings. The van der Waals surface area contributed by atoms with Crippen LogP contribution >= 0.6 is 12.2 Å². The molecule has 38 heavy (non-hydrogen) atoms. The average Bonchev–Trinajstić information content (AvgIpc) is 2.88. The number of nitrogens with zero attached hydrogens (tertiary/aromatic N) is 4. The topological polar surface area (TPSA) is 146 Å². The molecule has 0 bridgehead atoms. The molecule has 3 N–H and O–H groups in total. The zero-order valence-corrected chi connectivity index (χ0v) is 22.5.